The van der Waals surface area contributed by atoms with Gasteiger partial charge in [-0.05, 0) is 99.5 Å². The van der Waals surface area contributed by atoms with Crippen molar-refractivity contribution in [3.63, 3.8) is 0 Å². The third kappa shape index (κ3) is 8.71. The summed E-state index contributed by atoms with van der Waals surface area (Å²) in [5.41, 5.74) is 3.03. The first-order valence-electron chi connectivity index (χ1n) is 17.5. The third-order valence-corrected chi connectivity index (χ3v) is 10.5. The van der Waals surface area contributed by atoms with Gasteiger partial charge in [0.1, 0.15) is 17.8 Å². The van der Waals surface area contributed by atoms with Crippen LogP contribution in [-0.2, 0) is 32.1 Å². The van der Waals surface area contributed by atoms with E-state index in [2.05, 4.69) is 21.3 Å². The van der Waals surface area contributed by atoms with Crippen LogP contribution in [0.3, 0.4) is 0 Å². The van der Waals surface area contributed by atoms with E-state index in [1.165, 1.54) is 0 Å². The lowest BCUT2D eigenvalue weighted by molar-refractivity contribution is -0.139. The van der Waals surface area contributed by atoms with Gasteiger partial charge in [0.15, 0.2) is 0 Å². The Bertz CT molecular complexity index is 1420. The van der Waals surface area contributed by atoms with Crippen LogP contribution in [-0.4, -0.2) is 72.4 Å². The SMILES string of the molecule is Cc1ccc2cc1CNC(=O)[C@H](CCc1ccccc1)NC(=O)[C@@H](NC(=O)C1CC3CCC(C1)N3)CC(=O)N1CCCC(CCO2)C1. The number of hydrogen-bond donors (Lipinski definition) is 4. The molecule has 3 saturated heterocycles. The Morgan fingerprint density at radius 2 is 1.77 bits per heavy atom. The lowest BCUT2D eigenvalue weighted by atomic mass is 9.91. The second-order valence-electron chi connectivity index (χ2n) is 13.9. The van der Waals surface area contributed by atoms with E-state index in [4.69, 9.17) is 4.74 Å². The maximum Gasteiger partial charge on any atom is 0.243 e. The van der Waals surface area contributed by atoms with Gasteiger partial charge in [-0.2, -0.15) is 0 Å². The molecule has 4 amide bonds. The number of benzene rings is 2. The fraction of sp³-hybridized carbons (Fsp3) is 0.568. The number of carbonyl (C=O) groups excluding carboxylic acids is 4. The molecule has 0 aromatic heterocycles. The summed E-state index contributed by atoms with van der Waals surface area (Å²) in [6.07, 6.45) is 7.07. The number of nitrogens with one attached hydrogen (secondary N) is 4. The zero-order valence-corrected chi connectivity index (χ0v) is 27.5. The molecule has 0 saturated carbocycles. The topological polar surface area (TPSA) is 129 Å². The largest absolute Gasteiger partial charge is 0.494 e. The van der Waals surface area contributed by atoms with Crippen molar-refractivity contribution in [2.24, 2.45) is 11.8 Å². The Labute approximate surface area is 277 Å². The maximum absolute atomic E-state index is 14.0. The quantitative estimate of drug-likeness (QED) is 0.397. The van der Waals surface area contributed by atoms with E-state index in [-0.39, 0.29) is 36.6 Å². The molecule has 252 valence electrons. The standard InChI is InChI=1S/C37H49N5O5/c1-24-9-13-31-20-28(24)22-38-36(45)32(14-10-25-6-3-2-4-7-25)40-37(46)33(41-35(44)27-18-29-11-12-30(19-27)39-29)21-34(43)42-16-5-8-26(23-42)15-17-47-31/h2-4,6-7,9,13,20,26-27,29-30,32-33,39H,5,8,10-12,14-19,21-23H2,1H3,(H,38,45)(H,40,46)(H,41,44)/t26?,27?,29?,30?,32-,33-/m0/s1. The molecule has 0 radical (unpaired) electrons. The van der Waals surface area contributed by atoms with Gasteiger partial charge in [0.05, 0.1) is 13.0 Å². The summed E-state index contributed by atoms with van der Waals surface area (Å²) in [4.78, 5) is 56.9. The molecule has 4 aliphatic heterocycles. The van der Waals surface area contributed by atoms with Crippen molar-refractivity contribution in [2.75, 3.05) is 19.7 Å². The van der Waals surface area contributed by atoms with Crippen LogP contribution >= 0.6 is 0 Å². The molecule has 0 spiro atoms. The zero-order chi connectivity index (χ0) is 32.8. The number of hydrogen-bond acceptors (Lipinski definition) is 6. The van der Waals surface area contributed by atoms with Gasteiger partial charge in [-0.15, -0.1) is 0 Å². The van der Waals surface area contributed by atoms with Crippen LogP contribution in [0.5, 0.6) is 5.75 Å². The van der Waals surface area contributed by atoms with Gasteiger partial charge in [0, 0.05) is 37.6 Å². The highest BCUT2D eigenvalue weighted by atomic mass is 16.5. The number of amides is 4. The molecule has 3 fully saturated rings. The minimum Gasteiger partial charge on any atom is -0.494 e. The smallest absolute Gasteiger partial charge is 0.243 e. The molecule has 4 heterocycles. The van der Waals surface area contributed by atoms with E-state index in [0.29, 0.717) is 50.5 Å². The second-order valence-corrected chi connectivity index (χ2v) is 13.9. The van der Waals surface area contributed by atoms with Crippen molar-refractivity contribution in [2.45, 2.75) is 102 Å². The van der Waals surface area contributed by atoms with E-state index in [1.54, 1.807) is 0 Å². The summed E-state index contributed by atoms with van der Waals surface area (Å²) in [5, 5.41) is 12.5. The first-order valence-corrected chi connectivity index (χ1v) is 17.5. The van der Waals surface area contributed by atoms with Crippen LogP contribution in [0, 0.1) is 18.8 Å². The van der Waals surface area contributed by atoms with Crippen LogP contribution in [0.25, 0.3) is 0 Å². The van der Waals surface area contributed by atoms with Gasteiger partial charge in [-0.25, -0.2) is 0 Å². The molecule has 6 bridgehead atoms. The third-order valence-electron chi connectivity index (χ3n) is 10.5. The van der Waals surface area contributed by atoms with Crippen molar-refractivity contribution in [1.82, 2.24) is 26.2 Å². The highest BCUT2D eigenvalue weighted by Crippen LogP contribution is 2.31. The number of ether oxygens (including phenoxy) is 1. The Balaban J connectivity index is 1.24. The monoisotopic (exact) mass is 643 g/mol. The predicted octanol–water partition coefficient (Wildman–Crippen LogP) is 3.16. The lowest BCUT2D eigenvalue weighted by Crippen LogP contribution is -2.56. The van der Waals surface area contributed by atoms with E-state index in [1.807, 2.05) is 60.4 Å². The summed E-state index contributed by atoms with van der Waals surface area (Å²) in [7, 11) is 0. The molecular formula is C37H49N5O5. The van der Waals surface area contributed by atoms with Gasteiger partial charge in [-0.1, -0.05) is 36.4 Å². The van der Waals surface area contributed by atoms with Gasteiger partial charge in [0.25, 0.3) is 0 Å². The Morgan fingerprint density at radius 1 is 0.979 bits per heavy atom. The van der Waals surface area contributed by atoms with Crippen LogP contribution in [0.2, 0.25) is 0 Å². The fourth-order valence-electron chi connectivity index (χ4n) is 7.67. The van der Waals surface area contributed by atoms with Gasteiger partial charge in [0.2, 0.25) is 23.6 Å². The number of piperidine rings is 2. The number of aryl methyl sites for hydroxylation is 2. The summed E-state index contributed by atoms with van der Waals surface area (Å²) >= 11 is 0. The van der Waals surface area contributed by atoms with Crippen LogP contribution < -0.4 is 26.0 Å². The van der Waals surface area contributed by atoms with Crippen molar-refractivity contribution in [3.05, 3.63) is 65.2 Å². The molecule has 47 heavy (non-hydrogen) atoms. The Hall–Kier alpha value is -3.92. The summed E-state index contributed by atoms with van der Waals surface area (Å²) < 4.78 is 6.13. The molecule has 3 unspecified atom stereocenters. The molecule has 2 aromatic carbocycles. The maximum atomic E-state index is 14.0. The van der Waals surface area contributed by atoms with Gasteiger partial charge in [-0.3, -0.25) is 19.2 Å². The molecule has 4 aliphatic rings. The average molecular weight is 644 g/mol. The van der Waals surface area contributed by atoms with E-state index >= 15 is 0 Å². The first kappa shape index (κ1) is 33.0. The van der Waals surface area contributed by atoms with E-state index in [0.717, 1.165) is 67.4 Å². The fourth-order valence-corrected chi connectivity index (χ4v) is 7.67. The van der Waals surface area contributed by atoms with Crippen LogP contribution in [0.15, 0.2) is 48.5 Å². The molecule has 2 aromatic rings. The average Bonchev–Trinajstić information content (AvgIpc) is 3.42. The van der Waals surface area contributed by atoms with Gasteiger partial charge >= 0.3 is 0 Å². The lowest BCUT2D eigenvalue weighted by Gasteiger charge is -2.34. The predicted molar refractivity (Wildman–Crippen MR) is 178 cm³/mol. The molecule has 0 aliphatic carbocycles. The van der Waals surface area contributed by atoms with Crippen molar-refractivity contribution < 1.29 is 23.9 Å². The molecule has 10 nitrogen and oxygen atoms in total. The second kappa shape index (κ2) is 15.3. The molecule has 10 heteroatoms. The summed E-state index contributed by atoms with van der Waals surface area (Å²) in [6, 6.07) is 14.4. The van der Waals surface area contributed by atoms with Crippen molar-refractivity contribution in [3.8, 4) is 5.75 Å². The molecule has 6 rings (SSSR count). The molecular weight excluding hydrogens is 594 g/mol. The zero-order valence-electron chi connectivity index (χ0n) is 27.5. The minimum absolute atomic E-state index is 0.143. The number of fused-ring (bicyclic) bond motifs is 6. The number of rotatable bonds is 5. The normalized spacial score (nSPS) is 28.7. The first-order chi connectivity index (χ1) is 22.8. The highest BCUT2D eigenvalue weighted by molar-refractivity contribution is 5.95. The van der Waals surface area contributed by atoms with Crippen LogP contribution in [0.1, 0.15) is 74.5 Å². The van der Waals surface area contributed by atoms with Gasteiger partial charge < -0.3 is 30.9 Å². The summed E-state index contributed by atoms with van der Waals surface area (Å²) in [5.74, 6) is -0.322. The molecule has 5 atom stereocenters. The van der Waals surface area contributed by atoms with Crippen LogP contribution in [0.4, 0.5) is 0 Å². The van der Waals surface area contributed by atoms with Crippen molar-refractivity contribution in [1.29, 1.82) is 0 Å². The Morgan fingerprint density at radius 3 is 2.55 bits per heavy atom. The van der Waals surface area contributed by atoms with E-state index < -0.39 is 18.0 Å². The molecule has 4 N–H and O–H groups in total. The van der Waals surface area contributed by atoms with Crippen molar-refractivity contribution >= 4 is 23.6 Å². The summed E-state index contributed by atoms with van der Waals surface area (Å²) in [6.45, 7) is 4.04. The number of nitrogens with zero attached hydrogens (tertiary/aromatic N) is 1. The minimum atomic E-state index is -1.07. The van der Waals surface area contributed by atoms with E-state index in [9.17, 15) is 19.2 Å². The number of carbonyl (C=O) groups is 4. The highest BCUT2D eigenvalue weighted by Gasteiger charge is 2.39. The Kier molecular flexibility index (Phi) is 10.8.